The first-order valence-corrected chi connectivity index (χ1v) is 6.93. The van der Waals surface area contributed by atoms with Crippen molar-refractivity contribution in [2.24, 2.45) is 0 Å². The van der Waals surface area contributed by atoms with Crippen LogP contribution in [0.3, 0.4) is 0 Å². The third-order valence-electron chi connectivity index (χ3n) is 3.34. The molecule has 0 saturated carbocycles. The van der Waals surface area contributed by atoms with Gasteiger partial charge in [0.15, 0.2) is 0 Å². The molecule has 1 aliphatic heterocycles. The third-order valence-corrected chi connectivity index (χ3v) is 3.34. The minimum absolute atomic E-state index is 0.0647. The summed E-state index contributed by atoms with van der Waals surface area (Å²) >= 11 is 0. The second kappa shape index (κ2) is 6.73. The Morgan fingerprint density at radius 1 is 1.58 bits per heavy atom. The Morgan fingerprint density at radius 3 is 3.16 bits per heavy atom. The van der Waals surface area contributed by atoms with Gasteiger partial charge in [0.2, 0.25) is 0 Å². The maximum absolute atomic E-state index is 9.24. The number of hydrogen-bond acceptors (Lipinski definition) is 5. The van der Waals surface area contributed by atoms with Crippen molar-refractivity contribution in [3.8, 4) is 0 Å². The van der Waals surface area contributed by atoms with Gasteiger partial charge in [-0.1, -0.05) is 6.92 Å². The van der Waals surface area contributed by atoms with E-state index >= 15 is 0 Å². The molecule has 19 heavy (non-hydrogen) atoms. The fraction of sp³-hybridized carbons (Fsp3) is 0.643. The molecule has 2 rings (SSSR count). The highest BCUT2D eigenvalue weighted by Crippen LogP contribution is 2.23. The fourth-order valence-corrected chi connectivity index (χ4v) is 2.24. The largest absolute Gasteiger partial charge is 0.394 e. The Balaban J connectivity index is 2.10. The summed E-state index contributed by atoms with van der Waals surface area (Å²) in [6.45, 7) is 6.61. The average Bonchev–Trinajstić information content (AvgIpc) is 2.46. The summed E-state index contributed by atoms with van der Waals surface area (Å²) in [4.78, 5) is 6.58. The molecule has 1 aromatic heterocycles. The molecule has 0 aliphatic carbocycles. The van der Waals surface area contributed by atoms with Gasteiger partial charge in [-0.3, -0.25) is 0 Å². The van der Waals surface area contributed by atoms with Crippen molar-refractivity contribution >= 4 is 11.5 Å². The van der Waals surface area contributed by atoms with E-state index in [4.69, 9.17) is 4.74 Å². The van der Waals surface area contributed by atoms with E-state index in [0.717, 1.165) is 31.0 Å². The lowest BCUT2D eigenvalue weighted by molar-refractivity contribution is -0.0103. The molecule has 2 atom stereocenters. The van der Waals surface area contributed by atoms with Gasteiger partial charge < -0.3 is 20.1 Å². The number of nitrogens with one attached hydrogen (secondary N) is 1. The summed E-state index contributed by atoms with van der Waals surface area (Å²) in [7, 11) is 0. The highest BCUT2D eigenvalue weighted by molar-refractivity contribution is 5.54. The number of anilines is 2. The summed E-state index contributed by atoms with van der Waals surface area (Å²) in [5, 5.41) is 12.5. The quantitative estimate of drug-likeness (QED) is 0.844. The van der Waals surface area contributed by atoms with Crippen LogP contribution in [0.4, 0.5) is 11.5 Å². The van der Waals surface area contributed by atoms with Crippen molar-refractivity contribution in [1.29, 1.82) is 0 Å². The molecular formula is C14H23N3O2. The zero-order valence-corrected chi connectivity index (χ0v) is 11.7. The molecule has 2 unspecified atom stereocenters. The van der Waals surface area contributed by atoms with E-state index in [-0.39, 0.29) is 12.7 Å². The van der Waals surface area contributed by atoms with Gasteiger partial charge in [-0.05, 0) is 19.4 Å². The summed E-state index contributed by atoms with van der Waals surface area (Å²) in [6, 6.07) is 4.38. The van der Waals surface area contributed by atoms with Crippen molar-refractivity contribution in [2.45, 2.75) is 32.4 Å². The van der Waals surface area contributed by atoms with Crippen molar-refractivity contribution in [3.05, 3.63) is 18.3 Å². The first kappa shape index (κ1) is 14.1. The summed E-state index contributed by atoms with van der Waals surface area (Å²) < 4.78 is 5.56. The van der Waals surface area contributed by atoms with Gasteiger partial charge >= 0.3 is 0 Å². The van der Waals surface area contributed by atoms with Crippen LogP contribution < -0.4 is 10.2 Å². The Hall–Kier alpha value is -1.33. The second-order valence-corrected chi connectivity index (χ2v) is 4.97. The van der Waals surface area contributed by atoms with Crippen LogP contribution in [0.2, 0.25) is 0 Å². The molecule has 5 nitrogen and oxygen atoms in total. The van der Waals surface area contributed by atoms with Gasteiger partial charge in [0.25, 0.3) is 0 Å². The predicted molar refractivity (Wildman–Crippen MR) is 76.7 cm³/mol. The molecule has 0 amide bonds. The molecule has 2 heterocycles. The minimum atomic E-state index is -0.101. The van der Waals surface area contributed by atoms with Crippen LogP contribution in [0, 0.1) is 0 Å². The average molecular weight is 265 g/mol. The van der Waals surface area contributed by atoms with Crippen molar-refractivity contribution in [1.82, 2.24) is 4.98 Å². The summed E-state index contributed by atoms with van der Waals surface area (Å²) in [5.41, 5.74) is 1.13. The van der Waals surface area contributed by atoms with Gasteiger partial charge in [0, 0.05) is 37.1 Å². The maximum atomic E-state index is 9.24. The molecule has 106 valence electrons. The van der Waals surface area contributed by atoms with Gasteiger partial charge in [-0.2, -0.15) is 0 Å². The maximum Gasteiger partial charge on any atom is 0.127 e. The van der Waals surface area contributed by atoms with Gasteiger partial charge in [0.1, 0.15) is 5.82 Å². The number of aliphatic hydroxyl groups is 1. The number of aliphatic hydroxyl groups excluding tert-OH is 1. The summed E-state index contributed by atoms with van der Waals surface area (Å²) in [6.07, 6.45) is 2.80. The minimum Gasteiger partial charge on any atom is -0.394 e. The van der Waals surface area contributed by atoms with Crippen LogP contribution >= 0.6 is 0 Å². The number of aromatic nitrogens is 1. The second-order valence-electron chi connectivity index (χ2n) is 4.97. The molecule has 1 aromatic rings. The van der Waals surface area contributed by atoms with E-state index in [2.05, 4.69) is 35.1 Å². The van der Waals surface area contributed by atoms with E-state index < -0.39 is 0 Å². The molecule has 5 heteroatoms. The molecule has 1 fully saturated rings. The van der Waals surface area contributed by atoms with Crippen LogP contribution in [0.1, 0.15) is 20.3 Å². The smallest absolute Gasteiger partial charge is 0.127 e. The number of ether oxygens (including phenoxy) is 1. The monoisotopic (exact) mass is 265 g/mol. The summed E-state index contributed by atoms with van der Waals surface area (Å²) in [5.74, 6) is 0.901. The van der Waals surface area contributed by atoms with Crippen molar-refractivity contribution in [2.75, 3.05) is 36.5 Å². The van der Waals surface area contributed by atoms with Crippen molar-refractivity contribution in [3.63, 3.8) is 0 Å². The van der Waals surface area contributed by atoms with Gasteiger partial charge in [0.05, 0.1) is 19.3 Å². The molecular weight excluding hydrogens is 242 g/mol. The fourth-order valence-electron chi connectivity index (χ4n) is 2.24. The molecule has 2 N–H and O–H groups in total. The van der Waals surface area contributed by atoms with Crippen LogP contribution in [0.25, 0.3) is 0 Å². The zero-order chi connectivity index (χ0) is 13.7. The van der Waals surface area contributed by atoms with Gasteiger partial charge in [-0.15, -0.1) is 0 Å². The van der Waals surface area contributed by atoms with Crippen LogP contribution in [-0.4, -0.2) is 48.5 Å². The Bertz CT molecular complexity index is 400. The van der Waals surface area contributed by atoms with Gasteiger partial charge in [-0.25, -0.2) is 4.98 Å². The molecule has 1 aliphatic rings. The van der Waals surface area contributed by atoms with Crippen LogP contribution in [-0.2, 0) is 4.74 Å². The van der Waals surface area contributed by atoms with Crippen LogP contribution in [0.15, 0.2) is 18.3 Å². The molecule has 0 aromatic carbocycles. The molecule has 0 bridgehead atoms. The first-order valence-electron chi connectivity index (χ1n) is 6.93. The lowest BCUT2D eigenvalue weighted by Crippen LogP contribution is -2.49. The Labute approximate surface area is 114 Å². The van der Waals surface area contributed by atoms with E-state index in [0.29, 0.717) is 12.6 Å². The highest BCUT2D eigenvalue weighted by Gasteiger charge is 2.25. The van der Waals surface area contributed by atoms with E-state index in [1.807, 2.05) is 12.3 Å². The number of hydrogen-bond donors (Lipinski definition) is 2. The standard InChI is InChI=1S/C14H23N3O2/c1-3-5-15-14-7-12(4-6-16-14)17-8-13(9-18)19-10-11(17)2/h4,6-7,11,13,18H,3,5,8-10H2,1-2H3,(H,15,16). The number of rotatable bonds is 5. The SMILES string of the molecule is CCCNc1cc(N2CC(CO)OCC2C)ccn1. The normalized spacial score (nSPS) is 23.4. The first-order chi connectivity index (χ1) is 9.24. The Kier molecular flexibility index (Phi) is 4.99. The third kappa shape index (κ3) is 3.58. The topological polar surface area (TPSA) is 57.6 Å². The number of morpholine rings is 1. The predicted octanol–water partition coefficient (Wildman–Crippen LogP) is 1.49. The zero-order valence-electron chi connectivity index (χ0n) is 11.7. The molecule has 0 radical (unpaired) electrons. The van der Waals surface area contributed by atoms with E-state index in [1.54, 1.807) is 0 Å². The molecule has 0 spiro atoms. The Morgan fingerprint density at radius 2 is 2.42 bits per heavy atom. The van der Waals surface area contributed by atoms with E-state index in [9.17, 15) is 5.11 Å². The van der Waals surface area contributed by atoms with Crippen LogP contribution in [0.5, 0.6) is 0 Å². The highest BCUT2D eigenvalue weighted by atomic mass is 16.5. The lowest BCUT2D eigenvalue weighted by atomic mass is 10.1. The van der Waals surface area contributed by atoms with Crippen molar-refractivity contribution < 1.29 is 9.84 Å². The van der Waals surface area contributed by atoms with E-state index in [1.165, 1.54) is 0 Å². The lowest BCUT2D eigenvalue weighted by Gasteiger charge is -2.39. The molecule has 1 saturated heterocycles. The number of nitrogens with zero attached hydrogens (tertiary/aromatic N) is 2. The number of pyridine rings is 1.